The predicted molar refractivity (Wildman–Crippen MR) is 108 cm³/mol. The molecule has 0 saturated heterocycles. The number of phenols is 1. The molecule has 0 bridgehead atoms. The van der Waals surface area contributed by atoms with E-state index in [0.717, 1.165) is 0 Å². The number of aliphatic hydroxyl groups is 3. The average molecular weight is 429 g/mol. The van der Waals surface area contributed by atoms with E-state index in [-0.39, 0.29) is 29.7 Å². The molecule has 0 unspecified atom stereocenters. The van der Waals surface area contributed by atoms with Gasteiger partial charge in [-0.3, -0.25) is 19.3 Å². The highest BCUT2D eigenvalue weighted by Gasteiger charge is 2.63. The summed E-state index contributed by atoms with van der Waals surface area (Å²) in [5, 5.41) is 43.5. The number of fused-ring (bicyclic) bond motifs is 3. The number of ketones is 2. The van der Waals surface area contributed by atoms with Gasteiger partial charge in [0.2, 0.25) is 5.78 Å². The van der Waals surface area contributed by atoms with Crippen LogP contribution in [0.4, 0.5) is 5.69 Å². The molecule has 164 valence electrons. The Balaban J connectivity index is 1.97. The molecule has 8 N–H and O–H groups in total. The first-order valence-corrected chi connectivity index (χ1v) is 9.68. The molecule has 3 aliphatic rings. The highest BCUT2D eigenvalue weighted by molar-refractivity contribution is 6.24. The number of Topliss-reactive ketones (excluding diaryl/α,β-unsaturated/α-hetero) is 2. The molecule has 4 atom stereocenters. The maximum atomic E-state index is 13.2. The molecule has 31 heavy (non-hydrogen) atoms. The SMILES string of the molecule is CN(C)[C@@H]1C(O)=C(C(N)=O)C(=O)[C@@]2(O)C(O)=C3C(=O)c4c(ccc(N)c4O)C[C@@H]3C[C@@H]12. The Labute approximate surface area is 177 Å². The van der Waals surface area contributed by atoms with Gasteiger partial charge in [0.05, 0.1) is 17.3 Å². The van der Waals surface area contributed by atoms with E-state index < -0.39 is 63.8 Å². The van der Waals surface area contributed by atoms with Crippen molar-refractivity contribution in [1.29, 1.82) is 0 Å². The second kappa shape index (κ2) is 6.56. The smallest absolute Gasteiger partial charge is 0.255 e. The molecule has 0 spiro atoms. The van der Waals surface area contributed by atoms with Crippen LogP contribution in [-0.4, -0.2) is 68.5 Å². The summed E-state index contributed by atoms with van der Waals surface area (Å²) in [5.41, 5.74) is 7.70. The fourth-order valence-corrected chi connectivity index (χ4v) is 5.24. The number of phenolic OH excluding ortho intramolecular Hbond substituents is 1. The molecule has 3 aliphatic carbocycles. The Kier molecular flexibility index (Phi) is 4.42. The molecular weight excluding hydrogens is 406 g/mol. The number of hydrogen-bond donors (Lipinski definition) is 6. The number of rotatable bonds is 2. The minimum absolute atomic E-state index is 0.0247. The molecule has 1 amide bonds. The Bertz CT molecular complexity index is 1120. The van der Waals surface area contributed by atoms with Crippen molar-refractivity contribution in [3.63, 3.8) is 0 Å². The number of amides is 1. The summed E-state index contributed by atoms with van der Waals surface area (Å²) in [6.45, 7) is 0. The van der Waals surface area contributed by atoms with E-state index in [4.69, 9.17) is 11.5 Å². The topological polar surface area (TPSA) is 187 Å². The number of nitrogens with zero attached hydrogens (tertiary/aromatic N) is 1. The van der Waals surface area contributed by atoms with Crippen molar-refractivity contribution < 1.29 is 34.8 Å². The highest BCUT2D eigenvalue weighted by Crippen LogP contribution is 2.52. The Morgan fingerprint density at radius 3 is 2.42 bits per heavy atom. The second-order valence-corrected chi connectivity index (χ2v) is 8.50. The quantitative estimate of drug-likeness (QED) is 0.208. The van der Waals surface area contributed by atoms with E-state index in [0.29, 0.717) is 5.56 Å². The molecule has 4 rings (SSSR count). The van der Waals surface area contributed by atoms with Gasteiger partial charge in [-0.15, -0.1) is 0 Å². The van der Waals surface area contributed by atoms with Crippen LogP contribution < -0.4 is 11.5 Å². The molecule has 0 radical (unpaired) electrons. The number of nitrogen functional groups attached to an aromatic ring is 1. The van der Waals surface area contributed by atoms with E-state index in [2.05, 4.69) is 0 Å². The molecule has 10 heteroatoms. The minimum Gasteiger partial charge on any atom is -0.510 e. The van der Waals surface area contributed by atoms with Crippen LogP contribution in [0.1, 0.15) is 22.3 Å². The molecule has 0 heterocycles. The Hall–Kier alpha value is -3.37. The summed E-state index contributed by atoms with van der Waals surface area (Å²) in [7, 11) is 3.16. The zero-order valence-corrected chi connectivity index (χ0v) is 16.9. The van der Waals surface area contributed by atoms with Crippen LogP contribution in [-0.2, 0) is 16.0 Å². The normalized spacial score (nSPS) is 30.3. The maximum Gasteiger partial charge on any atom is 0.255 e. The van der Waals surface area contributed by atoms with Crippen molar-refractivity contribution in [2.45, 2.75) is 24.5 Å². The number of nitrogens with two attached hydrogens (primary N) is 2. The summed E-state index contributed by atoms with van der Waals surface area (Å²) in [5.74, 6) is -6.84. The third kappa shape index (κ3) is 2.55. The van der Waals surface area contributed by atoms with Crippen molar-refractivity contribution in [2.75, 3.05) is 19.8 Å². The molecule has 1 aromatic carbocycles. The first-order valence-electron chi connectivity index (χ1n) is 9.68. The summed E-state index contributed by atoms with van der Waals surface area (Å²) >= 11 is 0. The van der Waals surface area contributed by atoms with E-state index in [1.807, 2.05) is 0 Å². The Morgan fingerprint density at radius 1 is 1.19 bits per heavy atom. The van der Waals surface area contributed by atoms with Crippen molar-refractivity contribution in [1.82, 2.24) is 4.90 Å². The summed E-state index contributed by atoms with van der Waals surface area (Å²) < 4.78 is 0. The molecule has 0 aliphatic heterocycles. The number of allylic oxidation sites excluding steroid dienone is 1. The van der Waals surface area contributed by atoms with Crippen LogP contribution in [0, 0.1) is 11.8 Å². The van der Waals surface area contributed by atoms with Crippen molar-refractivity contribution in [3.05, 3.63) is 45.9 Å². The molecule has 0 aromatic heterocycles. The zero-order chi connectivity index (χ0) is 23.0. The van der Waals surface area contributed by atoms with Crippen molar-refractivity contribution in [3.8, 4) is 5.75 Å². The molecule has 10 nitrogen and oxygen atoms in total. The van der Waals surface area contributed by atoms with Crippen LogP contribution in [0.3, 0.4) is 0 Å². The largest absolute Gasteiger partial charge is 0.510 e. The van der Waals surface area contributed by atoms with E-state index in [1.54, 1.807) is 20.2 Å². The number of primary amides is 1. The van der Waals surface area contributed by atoms with Crippen LogP contribution in [0.25, 0.3) is 0 Å². The van der Waals surface area contributed by atoms with E-state index in [1.165, 1.54) is 11.0 Å². The van der Waals surface area contributed by atoms with E-state index >= 15 is 0 Å². The lowest BCUT2D eigenvalue weighted by atomic mass is 9.58. The van der Waals surface area contributed by atoms with Gasteiger partial charge in [-0.25, -0.2) is 0 Å². The molecule has 0 saturated carbocycles. The maximum absolute atomic E-state index is 13.2. The standard InChI is InChI=1S/C21H23N3O7/c1-24(2)14-9-6-8-5-7-3-4-10(22)15(25)11(7)16(26)12(8)18(28)21(9,31)19(29)13(17(14)27)20(23)30/h3-4,8-9,14,25,27-28,31H,5-6,22H2,1-2H3,(H2,23,30)/t8-,9+,14+,21+/m1/s1. The number of hydrogen-bond acceptors (Lipinski definition) is 9. The van der Waals surface area contributed by atoms with Crippen molar-refractivity contribution >= 4 is 23.2 Å². The van der Waals surface area contributed by atoms with Gasteiger partial charge >= 0.3 is 0 Å². The molecule has 1 aromatic rings. The average Bonchev–Trinajstić information content (AvgIpc) is 2.67. The second-order valence-electron chi connectivity index (χ2n) is 8.50. The third-order valence-corrected chi connectivity index (χ3v) is 6.63. The van der Waals surface area contributed by atoms with Gasteiger partial charge in [0.25, 0.3) is 5.91 Å². The molecule has 0 fully saturated rings. The summed E-state index contributed by atoms with van der Waals surface area (Å²) in [6.07, 6.45) is 0.291. The molecular formula is C21H23N3O7. The number of likely N-dealkylation sites (N-methyl/N-ethyl adjacent to an activating group) is 1. The Morgan fingerprint density at radius 2 is 1.84 bits per heavy atom. The van der Waals surface area contributed by atoms with Crippen LogP contribution in [0.5, 0.6) is 5.75 Å². The summed E-state index contributed by atoms with van der Waals surface area (Å²) in [4.78, 5) is 39.7. The lowest BCUT2D eigenvalue weighted by Crippen LogP contribution is -2.63. The lowest BCUT2D eigenvalue weighted by Gasteiger charge is -2.50. The van der Waals surface area contributed by atoms with Gasteiger partial charge in [0.15, 0.2) is 11.4 Å². The van der Waals surface area contributed by atoms with Crippen LogP contribution in [0.2, 0.25) is 0 Å². The predicted octanol–water partition coefficient (Wildman–Crippen LogP) is -0.297. The number of carbonyl (C=O) groups excluding carboxylic acids is 3. The van der Waals surface area contributed by atoms with Gasteiger partial charge in [-0.05, 0) is 44.5 Å². The fraction of sp³-hybridized carbons (Fsp3) is 0.381. The van der Waals surface area contributed by atoms with Crippen molar-refractivity contribution in [2.24, 2.45) is 17.6 Å². The zero-order valence-electron chi connectivity index (χ0n) is 16.9. The highest BCUT2D eigenvalue weighted by atomic mass is 16.3. The first-order chi connectivity index (χ1) is 14.4. The van der Waals surface area contributed by atoms with Gasteiger partial charge < -0.3 is 31.9 Å². The first kappa shape index (κ1) is 20.9. The number of aliphatic hydroxyl groups excluding tert-OH is 2. The van der Waals surface area contributed by atoms with Gasteiger partial charge in [-0.1, -0.05) is 6.07 Å². The summed E-state index contributed by atoms with van der Waals surface area (Å²) in [6, 6.07) is 2.06. The van der Waals surface area contributed by atoms with Gasteiger partial charge in [0, 0.05) is 11.5 Å². The monoisotopic (exact) mass is 429 g/mol. The van der Waals surface area contributed by atoms with E-state index in [9.17, 15) is 34.8 Å². The fourth-order valence-electron chi connectivity index (χ4n) is 5.24. The lowest BCUT2D eigenvalue weighted by molar-refractivity contribution is -0.148. The number of benzene rings is 1. The number of carbonyl (C=O) groups is 3. The van der Waals surface area contributed by atoms with Crippen LogP contribution in [0.15, 0.2) is 34.8 Å². The number of aromatic hydroxyl groups is 1. The third-order valence-electron chi connectivity index (χ3n) is 6.63. The van der Waals surface area contributed by atoms with Gasteiger partial charge in [-0.2, -0.15) is 0 Å². The van der Waals surface area contributed by atoms with Crippen LogP contribution >= 0.6 is 0 Å². The minimum atomic E-state index is -2.64. The number of anilines is 1. The van der Waals surface area contributed by atoms with Gasteiger partial charge in [0.1, 0.15) is 22.8 Å².